The molecule has 0 bridgehead atoms. The Balaban J connectivity index is 1.74. The predicted molar refractivity (Wildman–Crippen MR) is 112 cm³/mol. The van der Waals surface area contributed by atoms with E-state index in [4.69, 9.17) is 9.26 Å². The number of benzene rings is 1. The van der Waals surface area contributed by atoms with Gasteiger partial charge in [0.2, 0.25) is 5.82 Å². The summed E-state index contributed by atoms with van der Waals surface area (Å²) in [5.74, 6) is 0.778. The van der Waals surface area contributed by atoms with Crippen LogP contribution >= 0.6 is 0 Å². The first kappa shape index (κ1) is 19.0. The largest absolute Gasteiger partial charge is 0.368 e. The molecule has 1 aliphatic carbocycles. The van der Waals surface area contributed by atoms with Crippen molar-refractivity contribution in [1.82, 2.24) is 24.1 Å². The maximum Gasteiger partial charge on any atom is 0.278 e. The molecule has 1 fully saturated rings. The van der Waals surface area contributed by atoms with Crippen molar-refractivity contribution in [3.8, 4) is 11.5 Å². The number of imidazole rings is 1. The molecule has 0 aliphatic heterocycles. The van der Waals surface area contributed by atoms with Gasteiger partial charge < -0.3 is 13.8 Å². The standard InChI is InChI=1S/C22H25N5O3/c1-4-14(2)27-16-10-6-5-9-15(16)26-13-23-17(18(26)20(27)28)19-24-21(30-25-19)22(29-3)11-7-8-12-22/h5-6,9-10,13-14H,4,7-8,11-12H2,1-3H3. The van der Waals surface area contributed by atoms with E-state index in [0.717, 1.165) is 43.1 Å². The van der Waals surface area contributed by atoms with Crippen LogP contribution in [0.15, 0.2) is 39.9 Å². The highest BCUT2D eigenvalue weighted by molar-refractivity contribution is 5.83. The lowest BCUT2D eigenvalue weighted by molar-refractivity contribution is -0.0342. The minimum Gasteiger partial charge on any atom is -0.368 e. The van der Waals surface area contributed by atoms with Crippen molar-refractivity contribution in [3.05, 3.63) is 46.8 Å². The van der Waals surface area contributed by atoms with Gasteiger partial charge in [-0.3, -0.25) is 9.20 Å². The van der Waals surface area contributed by atoms with E-state index < -0.39 is 5.60 Å². The van der Waals surface area contributed by atoms with Gasteiger partial charge in [0.05, 0.1) is 11.0 Å². The molecule has 5 rings (SSSR count). The maximum absolute atomic E-state index is 13.6. The number of para-hydroxylation sites is 2. The normalized spacial score (nSPS) is 17.2. The molecule has 3 heterocycles. The van der Waals surface area contributed by atoms with Crippen molar-refractivity contribution in [2.45, 2.75) is 57.6 Å². The summed E-state index contributed by atoms with van der Waals surface area (Å²) in [6, 6.07) is 7.91. The van der Waals surface area contributed by atoms with Crippen molar-refractivity contribution in [3.63, 3.8) is 0 Å². The molecule has 0 spiro atoms. The van der Waals surface area contributed by atoms with Gasteiger partial charge in [0, 0.05) is 13.2 Å². The Hall–Kier alpha value is -3.00. The van der Waals surface area contributed by atoms with E-state index >= 15 is 0 Å². The number of nitrogens with zero attached hydrogens (tertiary/aromatic N) is 5. The number of fused-ring (bicyclic) bond motifs is 3. The Morgan fingerprint density at radius 3 is 2.67 bits per heavy atom. The van der Waals surface area contributed by atoms with E-state index in [0.29, 0.717) is 22.9 Å². The minimum atomic E-state index is -0.537. The molecule has 3 aromatic heterocycles. The molecule has 8 heteroatoms. The highest BCUT2D eigenvalue weighted by atomic mass is 16.5. The average Bonchev–Trinajstić information content (AvgIpc) is 3.52. The fourth-order valence-corrected chi connectivity index (χ4v) is 4.57. The zero-order valence-corrected chi connectivity index (χ0v) is 17.5. The Kier molecular flexibility index (Phi) is 4.47. The van der Waals surface area contributed by atoms with Crippen LogP contribution in [0.4, 0.5) is 0 Å². The number of ether oxygens (including phenoxy) is 1. The average molecular weight is 407 g/mol. The third-order valence-corrected chi connectivity index (χ3v) is 6.45. The first-order valence-electron chi connectivity index (χ1n) is 10.5. The van der Waals surface area contributed by atoms with Crippen molar-refractivity contribution in [2.75, 3.05) is 7.11 Å². The first-order valence-corrected chi connectivity index (χ1v) is 10.5. The molecule has 0 N–H and O–H groups in total. The van der Waals surface area contributed by atoms with E-state index in [1.54, 1.807) is 13.4 Å². The van der Waals surface area contributed by atoms with Crippen LogP contribution in [0.3, 0.4) is 0 Å². The number of aromatic nitrogens is 5. The second-order valence-corrected chi connectivity index (χ2v) is 8.06. The molecule has 8 nitrogen and oxygen atoms in total. The molecule has 4 aromatic rings. The molecule has 0 radical (unpaired) electrons. The summed E-state index contributed by atoms with van der Waals surface area (Å²) >= 11 is 0. The number of methoxy groups -OCH3 is 1. The van der Waals surface area contributed by atoms with Gasteiger partial charge in [-0.25, -0.2) is 4.98 Å². The van der Waals surface area contributed by atoms with Crippen LogP contribution in [-0.2, 0) is 10.3 Å². The van der Waals surface area contributed by atoms with E-state index in [2.05, 4.69) is 29.0 Å². The number of hydrogen-bond acceptors (Lipinski definition) is 6. The second kappa shape index (κ2) is 7.05. The van der Waals surface area contributed by atoms with Crippen molar-refractivity contribution >= 4 is 16.6 Å². The molecule has 1 unspecified atom stereocenters. The third-order valence-electron chi connectivity index (χ3n) is 6.45. The van der Waals surface area contributed by atoms with Crippen LogP contribution in [0.2, 0.25) is 0 Å². The van der Waals surface area contributed by atoms with Gasteiger partial charge in [-0.15, -0.1) is 0 Å². The van der Waals surface area contributed by atoms with Gasteiger partial charge in [-0.1, -0.05) is 24.2 Å². The molecular formula is C22H25N5O3. The molecule has 0 saturated heterocycles. The Bertz CT molecular complexity index is 1280. The number of hydrogen-bond donors (Lipinski definition) is 0. The highest BCUT2D eigenvalue weighted by Crippen LogP contribution is 2.41. The van der Waals surface area contributed by atoms with Gasteiger partial charge in [0.15, 0.2) is 0 Å². The van der Waals surface area contributed by atoms with Crippen LogP contribution in [-0.4, -0.2) is 31.2 Å². The maximum atomic E-state index is 13.6. The smallest absolute Gasteiger partial charge is 0.278 e. The number of rotatable bonds is 5. The zero-order valence-electron chi connectivity index (χ0n) is 17.5. The molecule has 1 saturated carbocycles. The Morgan fingerprint density at radius 2 is 1.97 bits per heavy atom. The Morgan fingerprint density at radius 1 is 1.23 bits per heavy atom. The first-order chi connectivity index (χ1) is 14.6. The summed E-state index contributed by atoms with van der Waals surface area (Å²) in [6.45, 7) is 4.12. The zero-order chi connectivity index (χ0) is 20.9. The molecule has 30 heavy (non-hydrogen) atoms. The molecule has 1 aliphatic rings. The van der Waals surface area contributed by atoms with Crippen molar-refractivity contribution < 1.29 is 9.26 Å². The van der Waals surface area contributed by atoms with Gasteiger partial charge in [0.25, 0.3) is 11.4 Å². The summed E-state index contributed by atoms with van der Waals surface area (Å²) in [6.07, 6.45) is 6.31. The van der Waals surface area contributed by atoms with Crippen LogP contribution < -0.4 is 5.56 Å². The lowest BCUT2D eigenvalue weighted by atomic mass is 10.0. The monoisotopic (exact) mass is 407 g/mol. The van der Waals surface area contributed by atoms with Crippen LogP contribution in [0, 0.1) is 0 Å². The van der Waals surface area contributed by atoms with Crippen LogP contribution in [0.5, 0.6) is 0 Å². The van der Waals surface area contributed by atoms with Crippen LogP contribution in [0.1, 0.15) is 57.9 Å². The summed E-state index contributed by atoms with van der Waals surface area (Å²) < 4.78 is 15.0. The quantitative estimate of drug-likeness (QED) is 0.495. The molecule has 156 valence electrons. The minimum absolute atomic E-state index is 0.0474. The van der Waals surface area contributed by atoms with E-state index in [1.165, 1.54) is 0 Å². The summed E-state index contributed by atoms with van der Waals surface area (Å²) in [5, 5.41) is 4.17. The lowest BCUT2D eigenvalue weighted by Gasteiger charge is -2.22. The SMILES string of the molecule is CCC(C)n1c(=O)c2c(-c3noc(C4(OC)CCCC4)n3)ncn2c2ccccc21. The summed E-state index contributed by atoms with van der Waals surface area (Å²) in [7, 11) is 1.68. The van der Waals surface area contributed by atoms with Gasteiger partial charge in [-0.05, 0) is 51.2 Å². The van der Waals surface area contributed by atoms with Crippen LogP contribution in [0.25, 0.3) is 28.1 Å². The fourth-order valence-electron chi connectivity index (χ4n) is 4.57. The lowest BCUT2D eigenvalue weighted by Crippen LogP contribution is -2.26. The van der Waals surface area contributed by atoms with E-state index in [9.17, 15) is 4.79 Å². The molecule has 0 amide bonds. The molecular weight excluding hydrogens is 382 g/mol. The van der Waals surface area contributed by atoms with Gasteiger partial charge in [-0.2, -0.15) is 4.98 Å². The van der Waals surface area contributed by atoms with E-state index in [-0.39, 0.29) is 11.6 Å². The summed E-state index contributed by atoms with van der Waals surface area (Å²) in [5.41, 5.74) is 2.04. The summed E-state index contributed by atoms with van der Waals surface area (Å²) in [4.78, 5) is 22.7. The topological polar surface area (TPSA) is 87.5 Å². The third kappa shape index (κ3) is 2.63. The van der Waals surface area contributed by atoms with Gasteiger partial charge >= 0.3 is 0 Å². The van der Waals surface area contributed by atoms with Crippen molar-refractivity contribution in [2.24, 2.45) is 0 Å². The second-order valence-electron chi connectivity index (χ2n) is 8.06. The highest BCUT2D eigenvalue weighted by Gasteiger charge is 2.41. The van der Waals surface area contributed by atoms with Crippen molar-refractivity contribution in [1.29, 1.82) is 0 Å². The molecule has 1 aromatic carbocycles. The molecule has 1 atom stereocenters. The Labute approximate surface area is 173 Å². The van der Waals surface area contributed by atoms with Gasteiger partial charge in [0.1, 0.15) is 23.1 Å². The fraction of sp³-hybridized carbons (Fsp3) is 0.455. The predicted octanol–water partition coefficient (Wildman–Crippen LogP) is 4.09. The van der Waals surface area contributed by atoms with E-state index in [1.807, 2.05) is 33.2 Å².